The molecule has 0 unspecified atom stereocenters. The Morgan fingerprint density at radius 3 is 2.54 bits per heavy atom. The summed E-state index contributed by atoms with van der Waals surface area (Å²) in [5.41, 5.74) is -5.67. The molecule has 0 bridgehead atoms. The van der Waals surface area contributed by atoms with Gasteiger partial charge < -0.3 is 14.6 Å². The van der Waals surface area contributed by atoms with E-state index in [-0.39, 0.29) is 49.3 Å². The largest absolute Gasteiger partial charge is 0.508 e. The fourth-order valence-corrected chi connectivity index (χ4v) is 8.02. The SMILES string of the molecule is C#Cc1c(F)ccc2cc(O)cc(-c3c(C(F)(F)F)cc4c(N5CCCCCN5C(=O)OC(C)(C)C)nc(OC[C@@]56CCCN5C[C@H](F)C6)nc4c3F)c12. The first-order valence-corrected chi connectivity index (χ1v) is 17.8. The van der Waals surface area contributed by atoms with Crippen LogP contribution < -0.4 is 9.75 Å². The summed E-state index contributed by atoms with van der Waals surface area (Å²) >= 11 is 0. The molecule has 3 fully saturated rings. The summed E-state index contributed by atoms with van der Waals surface area (Å²) in [6.07, 6.45) is 1.84. The number of aromatic hydroxyl groups is 1. The number of amides is 1. The van der Waals surface area contributed by atoms with Crippen molar-refractivity contribution >= 4 is 33.6 Å². The second-order valence-corrected chi connectivity index (χ2v) is 15.1. The molecule has 0 aliphatic carbocycles. The highest BCUT2D eigenvalue weighted by Crippen LogP contribution is 2.47. The second-order valence-electron chi connectivity index (χ2n) is 15.1. The smallest absolute Gasteiger partial charge is 0.429 e. The van der Waals surface area contributed by atoms with Crippen LogP contribution in [0.15, 0.2) is 30.3 Å². The molecular weight excluding hydrogens is 716 g/mol. The van der Waals surface area contributed by atoms with Crippen molar-refractivity contribution in [2.45, 2.75) is 82.8 Å². The van der Waals surface area contributed by atoms with Crippen molar-refractivity contribution in [3.63, 3.8) is 0 Å². The van der Waals surface area contributed by atoms with E-state index in [2.05, 4.69) is 15.9 Å². The Balaban J connectivity index is 1.50. The van der Waals surface area contributed by atoms with E-state index in [4.69, 9.17) is 15.9 Å². The molecule has 3 aliphatic heterocycles. The molecule has 9 nitrogen and oxygen atoms in total. The minimum atomic E-state index is -5.21. The van der Waals surface area contributed by atoms with Gasteiger partial charge in [-0.1, -0.05) is 12.0 Å². The minimum absolute atomic E-state index is 0.0695. The highest BCUT2D eigenvalue weighted by molar-refractivity contribution is 6.05. The zero-order chi connectivity index (χ0) is 38.7. The first kappa shape index (κ1) is 37.3. The van der Waals surface area contributed by atoms with E-state index in [1.807, 2.05) is 4.90 Å². The van der Waals surface area contributed by atoms with Gasteiger partial charge in [0.2, 0.25) is 0 Å². The predicted octanol–water partition coefficient (Wildman–Crippen LogP) is 8.53. The van der Waals surface area contributed by atoms with Gasteiger partial charge in [-0.3, -0.25) is 9.91 Å². The van der Waals surface area contributed by atoms with Gasteiger partial charge in [-0.15, -0.1) is 6.42 Å². The number of hydrazine groups is 1. The van der Waals surface area contributed by atoms with Gasteiger partial charge in [-0.05, 0) is 94.6 Å². The summed E-state index contributed by atoms with van der Waals surface area (Å²) in [5.74, 6) is -1.02. The van der Waals surface area contributed by atoms with Crippen molar-refractivity contribution in [2.75, 3.05) is 37.8 Å². The van der Waals surface area contributed by atoms with E-state index in [9.17, 15) is 14.3 Å². The number of carbonyl (C=O) groups excluding carboxylic acids is 1. The Morgan fingerprint density at radius 2 is 1.81 bits per heavy atom. The molecule has 0 saturated carbocycles. The van der Waals surface area contributed by atoms with Crippen LogP contribution in [0.25, 0.3) is 32.8 Å². The Bertz CT molecular complexity index is 2180. The Kier molecular flexibility index (Phi) is 9.48. The van der Waals surface area contributed by atoms with Crippen molar-refractivity contribution in [2.24, 2.45) is 0 Å². The minimum Gasteiger partial charge on any atom is -0.508 e. The van der Waals surface area contributed by atoms with Crippen LogP contribution in [0.2, 0.25) is 0 Å². The van der Waals surface area contributed by atoms with E-state index < -0.39 is 86.1 Å². The zero-order valence-electron chi connectivity index (χ0n) is 30.0. The number of phenols is 1. The van der Waals surface area contributed by atoms with Gasteiger partial charge in [0.15, 0.2) is 11.6 Å². The number of fused-ring (bicyclic) bond motifs is 3. The van der Waals surface area contributed by atoms with Crippen LogP contribution in [0.1, 0.15) is 70.4 Å². The zero-order valence-corrected chi connectivity index (χ0v) is 30.0. The number of ether oxygens (including phenoxy) is 2. The number of nitrogens with zero attached hydrogens (tertiary/aromatic N) is 5. The molecule has 1 N–H and O–H groups in total. The Morgan fingerprint density at radius 1 is 1.06 bits per heavy atom. The molecule has 7 rings (SSSR count). The number of terminal acetylenes is 1. The molecule has 0 spiro atoms. The fourth-order valence-electron chi connectivity index (χ4n) is 8.02. The lowest BCUT2D eigenvalue weighted by Gasteiger charge is -2.36. The third-order valence-corrected chi connectivity index (χ3v) is 10.3. The quantitative estimate of drug-likeness (QED) is 0.160. The molecule has 15 heteroatoms. The van der Waals surface area contributed by atoms with Crippen LogP contribution in [0, 0.1) is 24.0 Å². The number of halogens is 6. The summed E-state index contributed by atoms with van der Waals surface area (Å²) in [4.78, 5) is 24.5. The number of hydrogen-bond acceptors (Lipinski definition) is 8. The molecule has 2 atom stereocenters. The van der Waals surface area contributed by atoms with E-state index in [1.165, 1.54) is 22.2 Å². The second kappa shape index (κ2) is 13.7. The van der Waals surface area contributed by atoms with Crippen LogP contribution in [-0.4, -0.2) is 81.2 Å². The highest BCUT2D eigenvalue weighted by Gasteiger charge is 2.49. The van der Waals surface area contributed by atoms with E-state index in [1.54, 1.807) is 20.8 Å². The van der Waals surface area contributed by atoms with Gasteiger partial charge in [0.1, 0.15) is 35.5 Å². The summed E-state index contributed by atoms with van der Waals surface area (Å²) in [6.45, 7) is 6.03. The Hall–Kier alpha value is -4.97. The molecule has 4 heterocycles. The normalized spacial score (nSPS) is 21.0. The standard InChI is InChI=1S/C39H39F6N5O4/c1-5-25-29(41)11-10-22-16-24(51)17-26(30(22)25)31-28(39(43,44)45)18-27-33(32(31)42)46-35(53-21-38-12-9-13-48(38)20-23(40)19-38)47-34(27)49-14-7-6-8-15-50(49)36(52)54-37(2,3)4/h1,10-11,16-18,23,51H,6-9,12-15,19-21H2,2-4H3/t23-,38+/m1/s1. The number of rotatable bonds is 5. The highest BCUT2D eigenvalue weighted by atomic mass is 19.4. The molecule has 0 radical (unpaired) electrons. The first-order chi connectivity index (χ1) is 25.5. The fraction of sp³-hybridized carbons (Fsp3) is 0.462. The van der Waals surface area contributed by atoms with Gasteiger partial charge in [-0.25, -0.2) is 23.0 Å². The van der Waals surface area contributed by atoms with Gasteiger partial charge in [0.25, 0.3) is 0 Å². The lowest BCUT2D eigenvalue weighted by molar-refractivity contribution is -0.137. The van der Waals surface area contributed by atoms with Crippen LogP contribution in [0.4, 0.5) is 37.0 Å². The van der Waals surface area contributed by atoms with Crippen LogP contribution >= 0.6 is 0 Å². The molecule has 1 aromatic heterocycles. The molecular formula is C39H39F6N5O4. The average Bonchev–Trinajstić information content (AvgIpc) is 3.49. The molecule has 3 aromatic carbocycles. The maximum Gasteiger partial charge on any atom is 0.429 e. The van der Waals surface area contributed by atoms with Gasteiger partial charge >= 0.3 is 18.3 Å². The van der Waals surface area contributed by atoms with Crippen molar-refractivity contribution < 1.29 is 45.7 Å². The maximum atomic E-state index is 17.4. The molecule has 286 valence electrons. The van der Waals surface area contributed by atoms with Gasteiger partial charge in [0.05, 0.1) is 16.7 Å². The monoisotopic (exact) mass is 755 g/mol. The van der Waals surface area contributed by atoms with Crippen molar-refractivity contribution in [1.82, 2.24) is 19.9 Å². The number of benzene rings is 3. The van der Waals surface area contributed by atoms with E-state index in [0.29, 0.717) is 38.3 Å². The summed E-state index contributed by atoms with van der Waals surface area (Å²) in [7, 11) is 0. The molecule has 3 saturated heterocycles. The number of carbonyl (C=O) groups is 1. The van der Waals surface area contributed by atoms with Gasteiger partial charge in [-0.2, -0.15) is 23.1 Å². The van der Waals surface area contributed by atoms with Crippen molar-refractivity contribution in [3.8, 4) is 35.2 Å². The molecule has 1 amide bonds. The number of phenolic OH excluding ortho intramolecular Hbond substituents is 1. The van der Waals surface area contributed by atoms with Crippen molar-refractivity contribution in [1.29, 1.82) is 0 Å². The van der Waals surface area contributed by atoms with E-state index in [0.717, 1.165) is 18.6 Å². The third kappa shape index (κ3) is 6.80. The topological polar surface area (TPSA) is 91.3 Å². The van der Waals surface area contributed by atoms with Crippen molar-refractivity contribution in [3.05, 3.63) is 53.1 Å². The van der Waals surface area contributed by atoms with Gasteiger partial charge in [0, 0.05) is 42.4 Å². The van der Waals surface area contributed by atoms with E-state index >= 15 is 22.0 Å². The molecule has 4 aromatic rings. The number of alkyl halides is 4. The predicted molar refractivity (Wildman–Crippen MR) is 190 cm³/mol. The molecule has 3 aliphatic rings. The Labute approximate surface area is 307 Å². The summed E-state index contributed by atoms with van der Waals surface area (Å²) in [5, 5.41) is 12.7. The number of hydrogen-bond donors (Lipinski definition) is 1. The third-order valence-electron chi connectivity index (χ3n) is 10.3. The molecule has 54 heavy (non-hydrogen) atoms. The maximum absolute atomic E-state index is 17.4. The average molecular weight is 756 g/mol. The number of aromatic nitrogens is 2. The van der Waals surface area contributed by atoms with Crippen LogP contribution in [-0.2, 0) is 10.9 Å². The number of anilines is 1. The lowest BCUT2D eigenvalue weighted by Crippen LogP contribution is -2.49. The van der Waals surface area contributed by atoms with Crippen LogP contribution in [0.3, 0.4) is 0 Å². The summed E-state index contributed by atoms with van der Waals surface area (Å²) in [6, 6.07) is 4.56. The first-order valence-electron chi connectivity index (χ1n) is 17.8. The summed E-state index contributed by atoms with van der Waals surface area (Å²) < 4.78 is 105. The van der Waals surface area contributed by atoms with Crippen LogP contribution in [0.5, 0.6) is 11.8 Å². The lowest BCUT2D eigenvalue weighted by atomic mass is 9.89.